The van der Waals surface area contributed by atoms with Gasteiger partial charge in [-0.1, -0.05) is 0 Å². The Morgan fingerprint density at radius 2 is 2.11 bits per heavy atom. The minimum atomic E-state index is -3.50. The van der Waals surface area contributed by atoms with Crippen LogP contribution in [-0.4, -0.2) is 36.8 Å². The zero-order chi connectivity index (χ0) is 13.8. The summed E-state index contributed by atoms with van der Waals surface area (Å²) in [4.78, 5) is 14.5. The molecule has 100 valence electrons. The molecule has 0 saturated carbocycles. The zero-order valence-corrected chi connectivity index (χ0v) is 10.3. The summed E-state index contributed by atoms with van der Waals surface area (Å²) in [5.74, 6) is -1.12. The highest BCUT2D eigenvalue weighted by Crippen LogP contribution is 2.15. The van der Waals surface area contributed by atoms with Crippen molar-refractivity contribution in [3.63, 3.8) is 0 Å². The lowest BCUT2D eigenvalue weighted by Gasteiger charge is -2.08. The number of sulfonamides is 1. The summed E-state index contributed by atoms with van der Waals surface area (Å²) in [7, 11) is -3.50. The molecule has 0 aromatic carbocycles. The Bertz CT molecular complexity index is 543. The van der Waals surface area contributed by atoms with E-state index in [1.807, 2.05) is 0 Å². The van der Waals surface area contributed by atoms with Gasteiger partial charge in [0.05, 0.1) is 11.4 Å². The smallest absolute Gasteiger partial charge is 0.354 e. The van der Waals surface area contributed by atoms with Crippen LogP contribution in [-0.2, 0) is 10.0 Å². The highest BCUT2D eigenvalue weighted by molar-refractivity contribution is 7.89. The Hall–Kier alpha value is -1.87. The lowest BCUT2D eigenvalue weighted by molar-refractivity contribution is 0.0690. The number of nitrogens with two attached hydrogens (primary N) is 2. The van der Waals surface area contributed by atoms with Crippen LogP contribution in [0.15, 0.2) is 12.1 Å². The van der Waals surface area contributed by atoms with Crippen molar-refractivity contribution in [1.82, 2.24) is 4.98 Å². The number of carbonyl (C=O) groups is 1. The predicted molar refractivity (Wildman–Crippen MR) is 66.7 cm³/mol. The number of hydrogen-bond acceptors (Lipinski definition) is 6. The third kappa shape index (κ3) is 4.55. The molecule has 8 nitrogen and oxygen atoms in total. The molecule has 1 aromatic rings. The predicted octanol–water partition coefficient (Wildman–Crippen LogP) is -0.547. The number of aromatic carboxylic acids is 1. The second-order valence-electron chi connectivity index (χ2n) is 3.59. The molecule has 0 radical (unpaired) electrons. The van der Waals surface area contributed by atoms with Gasteiger partial charge in [-0.3, -0.25) is 0 Å². The summed E-state index contributed by atoms with van der Waals surface area (Å²) in [6.07, 6.45) is 0.275. The van der Waals surface area contributed by atoms with Crippen LogP contribution in [0.4, 0.5) is 11.5 Å². The van der Waals surface area contributed by atoms with E-state index in [0.29, 0.717) is 0 Å². The first-order chi connectivity index (χ1) is 8.29. The van der Waals surface area contributed by atoms with Crippen LogP contribution in [0.25, 0.3) is 0 Å². The second-order valence-corrected chi connectivity index (χ2v) is 5.32. The van der Waals surface area contributed by atoms with Gasteiger partial charge in [0.2, 0.25) is 10.0 Å². The molecule has 0 atom stereocenters. The quantitative estimate of drug-likeness (QED) is 0.508. The summed E-state index contributed by atoms with van der Waals surface area (Å²) >= 11 is 0. The first-order valence-corrected chi connectivity index (χ1v) is 6.75. The van der Waals surface area contributed by atoms with Gasteiger partial charge in [-0.25, -0.2) is 23.3 Å². The van der Waals surface area contributed by atoms with E-state index in [1.54, 1.807) is 0 Å². The molecule has 0 spiro atoms. The van der Waals surface area contributed by atoms with Gasteiger partial charge in [0.1, 0.15) is 5.82 Å². The fourth-order valence-corrected chi connectivity index (χ4v) is 1.76. The van der Waals surface area contributed by atoms with Crippen molar-refractivity contribution in [3.8, 4) is 0 Å². The fraction of sp³-hybridized carbons (Fsp3) is 0.333. The Morgan fingerprint density at radius 1 is 1.44 bits per heavy atom. The SMILES string of the molecule is Nc1ccc(C(=O)O)nc1NCCCS(N)(=O)=O. The number of nitrogens with zero attached hydrogens (tertiary/aromatic N) is 1. The topological polar surface area (TPSA) is 148 Å². The zero-order valence-electron chi connectivity index (χ0n) is 9.46. The van der Waals surface area contributed by atoms with E-state index in [1.165, 1.54) is 12.1 Å². The second kappa shape index (κ2) is 5.65. The van der Waals surface area contributed by atoms with Crippen molar-refractivity contribution < 1.29 is 18.3 Å². The molecule has 0 bridgehead atoms. The first-order valence-electron chi connectivity index (χ1n) is 5.04. The van der Waals surface area contributed by atoms with Crippen LogP contribution in [0.2, 0.25) is 0 Å². The van der Waals surface area contributed by atoms with E-state index < -0.39 is 16.0 Å². The van der Waals surface area contributed by atoms with Gasteiger partial charge in [0.15, 0.2) is 5.69 Å². The van der Waals surface area contributed by atoms with Crippen molar-refractivity contribution in [1.29, 1.82) is 0 Å². The van der Waals surface area contributed by atoms with Crippen molar-refractivity contribution in [3.05, 3.63) is 17.8 Å². The van der Waals surface area contributed by atoms with Gasteiger partial charge in [-0.2, -0.15) is 0 Å². The molecular weight excluding hydrogens is 260 g/mol. The maximum Gasteiger partial charge on any atom is 0.354 e. The number of hydrogen-bond donors (Lipinski definition) is 4. The van der Waals surface area contributed by atoms with E-state index in [0.717, 1.165) is 0 Å². The molecule has 0 aliphatic rings. The summed E-state index contributed by atoms with van der Waals surface area (Å²) in [6, 6.07) is 2.70. The van der Waals surface area contributed by atoms with Crippen molar-refractivity contribution in [2.75, 3.05) is 23.3 Å². The Kier molecular flexibility index (Phi) is 4.45. The third-order valence-electron chi connectivity index (χ3n) is 2.04. The Labute approximate surface area is 104 Å². The highest BCUT2D eigenvalue weighted by atomic mass is 32.2. The molecule has 0 aliphatic carbocycles. The summed E-state index contributed by atoms with van der Waals surface area (Å²) in [5, 5.41) is 16.3. The molecule has 1 heterocycles. The number of nitrogens with one attached hydrogen (secondary N) is 1. The normalized spacial score (nSPS) is 11.2. The Morgan fingerprint density at radius 3 is 2.67 bits per heavy atom. The fourth-order valence-electron chi connectivity index (χ4n) is 1.21. The highest BCUT2D eigenvalue weighted by Gasteiger charge is 2.08. The molecule has 1 rings (SSSR count). The van der Waals surface area contributed by atoms with Gasteiger partial charge >= 0.3 is 5.97 Å². The van der Waals surface area contributed by atoms with Crippen LogP contribution >= 0.6 is 0 Å². The maximum atomic E-state index is 10.7. The molecule has 18 heavy (non-hydrogen) atoms. The molecule has 0 fully saturated rings. The maximum absolute atomic E-state index is 10.7. The molecule has 0 saturated heterocycles. The van der Waals surface area contributed by atoms with Gasteiger partial charge in [0.25, 0.3) is 0 Å². The Balaban J connectivity index is 2.61. The molecule has 0 amide bonds. The number of rotatable bonds is 6. The lowest BCUT2D eigenvalue weighted by atomic mass is 10.3. The largest absolute Gasteiger partial charge is 0.477 e. The number of pyridine rings is 1. The standard InChI is InChI=1S/C9H14N4O4S/c10-6-2-3-7(9(14)15)13-8(6)12-4-1-5-18(11,16)17/h2-3H,1,4-5,10H2,(H,12,13)(H,14,15)(H2,11,16,17). The van der Waals surface area contributed by atoms with Crippen LogP contribution in [0.3, 0.4) is 0 Å². The number of primary sulfonamides is 1. The minimum absolute atomic E-state index is 0.141. The summed E-state index contributed by atoms with van der Waals surface area (Å²) < 4.78 is 21.4. The monoisotopic (exact) mass is 274 g/mol. The van der Waals surface area contributed by atoms with Crippen LogP contribution in [0.1, 0.15) is 16.9 Å². The van der Waals surface area contributed by atoms with E-state index in [4.69, 9.17) is 16.0 Å². The number of aromatic nitrogens is 1. The molecular formula is C9H14N4O4S. The number of nitrogen functional groups attached to an aromatic ring is 1. The summed E-state index contributed by atoms with van der Waals surface area (Å²) in [6.45, 7) is 0.275. The van der Waals surface area contributed by atoms with Crippen LogP contribution in [0.5, 0.6) is 0 Å². The van der Waals surface area contributed by atoms with E-state index in [9.17, 15) is 13.2 Å². The van der Waals surface area contributed by atoms with Crippen molar-refractivity contribution in [2.24, 2.45) is 5.14 Å². The molecule has 0 unspecified atom stereocenters. The molecule has 9 heteroatoms. The molecule has 0 aliphatic heterocycles. The van der Waals surface area contributed by atoms with Crippen LogP contribution in [0, 0.1) is 0 Å². The lowest BCUT2D eigenvalue weighted by Crippen LogP contribution is -2.19. The number of carboxylic acids is 1. The summed E-state index contributed by atoms with van der Waals surface area (Å²) in [5.41, 5.74) is 5.74. The van der Waals surface area contributed by atoms with E-state index in [2.05, 4.69) is 10.3 Å². The van der Waals surface area contributed by atoms with Gasteiger partial charge in [0, 0.05) is 6.54 Å². The first kappa shape index (κ1) is 14.2. The van der Waals surface area contributed by atoms with Crippen LogP contribution < -0.4 is 16.2 Å². The average Bonchev–Trinajstić information content (AvgIpc) is 2.24. The van der Waals surface area contributed by atoms with E-state index >= 15 is 0 Å². The number of anilines is 2. The molecule has 1 aromatic heterocycles. The minimum Gasteiger partial charge on any atom is -0.477 e. The van der Waals surface area contributed by atoms with Gasteiger partial charge in [-0.05, 0) is 18.6 Å². The van der Waals surface area contributed by atoms with Crippen molar-refractivity contribution in [2.45, 2.75) is 6.42 Å². The third-order valence-corrected chi connectivity index (χ3v) is 2.90. The van der Waals surface area contributed by atoms with Gasteiger partial charge < -0.3 is 16.2 Å². The van der Waals surface area contributed by atoms with E-state index in [-0.39, 0.29) is 35.9 Å². The van der Waals surface area contributed by atoms with Gasteiger partial charge in [-0.15, -0.1) is 0 Å². The number of carboxylic acid groups (broad SMARTS) is 1. The van der Waals surface area contributed by atoms with Crippen molar-refractivity contribution >= 4 is 27.5 Å². The average molecular weight is 274 g/mol. The molecule has 6 N–H and O–H groups in total.